The van der Waals surface area contributed by atoms with E-state index in [1.54, 1.807) is 7.11 Å². The van der Waals surface area contributed by atoms with Crippen molar-refractivity contribution in [3.63, 3.8) is 0 Å². The van der Waals surface area contributed by atoms with Gasteiger partial charge < -0.3 is 14.6 Å². The number of anilines is 1. The third-order valence-electron chi connectivity index (χ3n) is 4.67. The van der Waals surface area contributed by atoms with Gasteiger partial charge in [0.1, 0.15) is 0 Å². The third kappa shape index (κ3) is 4.94. The number of nitrogens with one attached hydrogen (secondary N) is 1. The molecule has 3 heterocycles. The number of sulfone groups is 1. The van der Waals surface area contributed by atoms with Gasteiger partial charge in [0.2, 0.25) is 5.13 Å². The molecule has 1 saturated heterocycles. The van der Waals surface area contributed by atoms with E-state index in [4.69, 9.17) is 4.74 Å². The number of ketones is 1. The SMILES string of the molecule is COCCNc1nnc(SCC(=O)c2cc(C)n(C3CCS(=O)(=O)C3)c2C)s1. The zero-order valence-corrected chi connectivity index (χ0v) is 18.5. The van der Waals surface area contributed by atoms with Crippen LogP contribution in [-0.2, 0) is 14.6 Å². The average molecular weight is 445 g/mol. The molecule has 0 radical (unpaired) electrons. The Bertz CT molecular complexity index is 952. The standard InChI is InChI=1S/C17H24N4O4S3/c1-11-8-14(12(2)21(11)13-4-7-28(23,24)10-13)15(22)9-26-17-20-19-16(27-17)18-5-6-25-3/h8,13H,4-7,9-10H2,1-3H3,(H,18,19). The molecular weight excluding hydrogens is 420 g/mol. The first-order valence-electron chi connectivity index (χ1n) is 8.92. The lowest BCUT2D eigenvalue weighted by molar-refractivity contribution is 0.102. The number of aryl methyl sites for hydroxylation is 1. The number of thioether (sulfide) groups is 1. The fraction of sp³-hybridized carbons (Fsp3) is 0.588. The molecule has 0 aromatic carbocycles. The molecule has 1 aliphatic rings. The van der Waals surface area contributed by atoms with Crippen molar-refractivity contribution in [3.8, 4) is 0 Å². The van der Waals surface area contributed by atoms with Crippen molar-refractivity contribution < 1.29 is 17.9 Å². The van der Waals surface area contributed by atoms with Gasteiger partial charge in [-0.2, -0.15) is 0 Å². The quantitative estimate of drug-likeness (QED) is 0.357. The smallest absolute Gasteiger partial charge is 0.206 e. The van der Waals surface area contributed by atoms with Crippen LogP contribution in [0.3, 0.4) is 0 Å². The minimum atomic E-state index is -2.98. The first-order valence-corrected chi connectivity index (χ1v) is 12.5. The van der Waals surface area contributed by atoms with Crippen molar-refractivity contribution >= 4 is 43.9 Å². The molecule has 1 atom stereocenters. The van der Waals surface area contributed by atoms with Gasteiger partial charge in [0, 0.05) is 36.6 Å². The Morgan fingerprint density at radius 3 is 2.89 bits per heavy atom. The molecule has 0 amide bonds. The lowest BCUT2D eigenvalue weighted by Gasteiger charge is -2.16. The first-order chi connectivity index (χ1) is 13.3. The minimum absolute atomic E-state index is 0.00861. The number of hydrogen-bond donors (Lipinski definition) is 1. The highest BCUT2D eigenvalue weighted by molar-refractivity contribution is 8.01. The molecule has 3 rings (SSSR count). The molecule has 11 heteroatoms. The molecule has 0 saturated carbocycles. The average Bonchev–Trinajstić information content (AvgIpc) is 3.31. The molecule has 0 aliphatic carbocycles. The Morgan fingerprint density at radius 2 is 2.21 bits per heavy atom. The molecule has 0 bridgehead atoms. The molecule has 154 valence electrons. The summed E-state index contributed by atoms with van der Waals surface area (Å²) in [5, 5.41) is 12.0. The van der Waals surface area contributed by atoms with Crippen molar-refractivity contribution in [2.45, 2.75) is 30.6 Å². The number of rotatable bonds is 9. The van der Waals surface area contributed by atoms with Gasteiger partial charge >= 0.3 is 0 Å². The molecule has 2 aromatic heterocycles. The van der Waals surface area contributed by atoms with E-state index < -0.39 is 9.84 Å². The normalized spacial score (nSPS) is 18.5. The predicted octanol–water partition coefficient (Wildman–Crippen LogP) is 2.35. The highest BCUT2D eigenvalue weighted by Crippen LogP contribution is 2.31. The van der Waals surface area contributed by atoms with Crippen molar-refractivity contribution in [2.75, 3.05) is 42.8 Å². The molecular formula is C17H24N4O4S3. The van der Waals surface area contributed by atoms with Crippen molar-refractivity contribution in [3.05, 3.63) is 23.0 Å². The van der Waals surface area contributed by atoms with Gasteiger partial charge in [-0.3, -0.25) is 4.79 Å². The summed E-state index contributed by atoms with van der Waals surface area (Å²) in [4.78, 5) is 12.7. The van der Waals surface area contributed by atoms with E-state index >= 15 is 0 Å². The zero-order valence-electron chi connectivity index (χ0n) is 16.1. The number of methoxy groups -OCH3 is 1. The van der Waals surface area contributed by atoms with Crippen LogP contribution in [-0.4, -0.2) is 66.5 Å². The number of ether oxygens (including phenoxy) is 1. The van der Waals surface area contributed by atoms with E-state index in [1.807, 2.05) is 24.5 Å². The summed E-state index contributed by atoms with van der Waals surface area (Å²) in [6.45, 7) is 5.04. The van der Waals surface area contributed by atoms with Gasteiger partial charge in [0.05, 0.1) is 23.9 Å². The summed E-state index contributed by atoms with van der Waals surface area (Å²) in [7, 11) is -1.34. The Hall–Kier alpha value is -1.43. The van der Waals surface area contributed by atoms with Crippen molar-refractivity contribution in [2.24, 2.45) is 0 Å². The maximum absolute atomic E-state index is 12.7. The largest absolute Gasteiger partial charge is 0.383 e. The van der Waals surface area contributed by atoms with Crippen LogP contribution in [0.25, 0.3) is 0 Å². The predicted molar refractivity (Wildman–Crippen MR) is 112 cm³/mol. The molecule has 0 spiro atoms. The van der Waals surface area contributed by atoms with Crippen molar-refractivity contribution in [1.29, 1.82) is 0 Å². The summed E-state index contributed by atoms with van der Waals surface area (Å²) in [6, 6.07) is 1.78. The van der Waals surface area contributed by atoms with Crippen LogP contribution in [0.15, 0.2) is 10.4 Å². The second kappa shape index (κ2) is 8.93. The highest BCUT2D eigenvalue weighted by atomic mass is 32.2. The lowest BCUT2D eigenvalue weighted by Crippen LogP contribution is -2.14. The maximum atomic E-state index is 12.7. The fourth-order valence-corrected chi connectivity index (χ4v) is 6.77. The molecule has 28 heavy (non-hydrogen) atoms. The van der Waals surface area contributed by atoms with E-state index in [9.17, 15) is 13.2 Å². The Balaban J connectivity index is 1.63. The van der Waals surface area contributed by atoms with Gasteiger partial charge in [0.25, 0.3) is 0 Å². The molecule has 1 unspecified atom stereocenters. The molecule has 2 aromatic rings. The number of nitrogens with zero attached hydrogens (tertiary/aromatic N) is 3. The topological polar surface area (TPSA) is 103 Å². The second-order valence-electron chi connectivity index (χ2n) is 6.72. The molecule has 1 aliphatic heterocycles. The van der Waals surface area contributed by atoms with E-state index in [0.29, 0.717) is 30.3 Å². The van der Waals surface area contributed by atoms with Gasteiger partial charge in [0.15, 0.2) is 20.0 Å². The van der Waals surface area contributed by atoms with Crippen LogP contribution in [0.2, 0.25) is 0 Å². The fourth-order valence-electron chi connectivity index (χ4n) is 3.40. The van der Waals surface area contributed by atoms with Crippen LogP contribution in [0.1, 0.15) is 34.2 Å². The van der Waals surface area contributed by atoms with Crippen LogP contribution in [0.5, 0.6) is 0 Å². The minimum Gasteiger partial charge on any atom is -0.383 e. The van der Waals surface area contributed by atoms with Crippen LogP contribution in [0.4, 0.5) is 5.13 Å². The summed E-state index contributed by atoms with van der Waals surface area (Å²) < 4.78 is 31.3. The summed E-state index contributed by atoms with van der Waals surface area (Å²) in [6.07, 6.45) is 0.602. The third-order valence-corrected chi connectivity index (χ3v) is 8.44. The van der Waals surface area contributed by atoms with Crippen LogP contribution in [0, 0.1) is 13.8 Å². The first kappa shape index (κ1) is 21.3. The van der Waals surface area contributed by atoms with Gasteiger partial charge in [-0.05, 0) is 26.3 Å². The number of Topliss-reactive ketones (excluding diaryl/α,β-unsaturated/α-hetero) is 1. The number of carbonyl (C=O) groups is 1. The summed E-state index contributed by atoms with van der Waals surface area (Å²) in [5.74, 6) is 0.635. The lowest BCUT2D eigenvalue weighted by atomic mass is 10.2. The zero-order chi connectivity index (χ0) is 20.3. The summed E-state index contributed by atoms with van der Waals surface area (Å²) >= 11 is 2.76. The van der Waals surface area contributed by atoms with Gasteiger partial charge in [-0.15, -0.1) is 10.2 Å². The van der Waals surface area contributed by atoms with E-state index in [0.717, 1.165) is 15.7 Å². The number of carbonyl (C=O) groups excluding carboxylic acids is 1. The monoisotopic (exact) mass is 444 g/mol. The Morgan fingerprint density at radius 1 is 1.43 bits per heavy atom. The molecule has 8 nitrogen and oxygen atoms in total. The highest BCUT2D eigenvalue weighted by Gasteiger charge is 2.31. The van der Waals surface area contributed by atoms with E-state index in [2.05, 4.69) is 15.5 Å². The van der Waals surface area contributed by atoms with E-state index in [-0.39, 0.29) is 29.1 Å². The summed E-state index contributed by atoms with van der Waals surface area (Å²) in [5.41, 5.74) is 2.41. The maximum Gasteiger partial charge on any atom is 0.206 e. The van der Waals surface area contributed by atoms with Gasteiger partial charge in [-0.1, -0.05) is 23.1 Å². The molecule has 1 N–H and O–H groups in total. The van der Waals surface area contributed by atoms with Crippen molar-refractivity contribution in [1.82, 2.24) is 14.8 Å². The Labute approximate surface area is 173 Å². The van der Waals surface area contributed by atoms with E-state index in [1.165, 1.54) is 23.1 Å². The number of hydrogen-bond acceptors (Lipinski definition) is 9. The Kier molecular flexibility index (Phi) is 6.79. The van der Waals surface area contributed by atoms with Crippen LogP contribution >= 0.6 is 23.1 Å². The second-order valence-corrected chi connectivity index (χ2v) is 11.1. The molecule has 1 fully saturated rings. The van der Waals surface area contributed by atoms with Gasteiger partial charge in [-0.25, -0.2) is 8.42 Å². The number of aromatic nitrogens is 3. The van der Waals surface area contributed by atoms with Crippen LogP contribution < -0.4 is 5.32 Å².